The zero-order valence-electron chi connectivity index (χ0n) is 8.08. The maximum Gasteiger partial charge on any atom is 0.111 e. The van der Waals surface area contributed by atoms with Crippen LogP contribution < -0.4 is 0 Å². The highest BCUT2D eigenvalue weighted by molar-refractivity contribution is 4.94. The van der Waals surface area contributed by atoms with Gasteiger partial charge in [0.2, 0.25) is 0 Å². The van der Waals surface area contributed by atoms with E-state index in [1.165, 1.54) is 0 Å². The number of hydrogen-bond donors (Lipinski definition) is 4. The third kappa shape index (κ3) is 2.07. The van der Waals surface area contributed by atoms with Gasteiger partial charge < -0.3 is 25.2 Å². The lowest BCUT2D eigenvalue weighted by Crippen LogP contribution is -2.59. The third-order valence-electron chi connectivity index (χ3n) is 2.49. The molecule has 0 amide bonds. The van der Waals surface area contributed by atoms with E-state index in [0.717, 1.165) is 0 Å². The molecule has 6 atom stereocenters. The quantitative estimate of drug-likeness (QED) is 0.431. The van der Waals surface area contributed by atoms with Crippen molar-refractivity contribution < 1.29 is 25.2 Å². The summed E-state index contributed by atoms with van der Waals surface area (Å²) in [5.41, 5.74) is 0. The molecule has 0 aliphatic carbocycles. The van der Waals surface area contributed by atoms with E-state index < -0.39 is 37.1 Å². The minimum atomic E-state index is -1.30. The van der Waals surface area contributed by atoms with Crippen LogP contribution in [0.5, 0.6) is 0 Å². The fourth-order valence-corrected chi connectivity index (χ4v) is 1.60. The van der Waals surface area contributed by atoms with Crippen LogP contribution in [0.1, 0.15) is 6.92 Å². The van der Waals surface area contributed by atoms with Gasteiger partial charge in [0.1, 0.15) is 24.4 Å². The van der Waals surface area contributed by atoms with Gasteiger partial charge in [0.05, 0.1) is 12.7 Å². The zero-order chi connectivity index (χ0) is 10.9. The Balaban J connectivity index is 2.73. The fraction of sp³-hybridized carbons (Fsp3) is 0.889. The molecule has 0 bridgehead atoms. The lowest BCUT2D eigenvalue weighted by atomic mass is 9.90. The van der Waals surface area contributed by atoms with Crippen molar-refractivity contribution in [2.24, 2.45) is 5.92 Å². The molecule has 0 aromatic rings. The van der Waals surface area contributed by atoms with Gasteiger partial charge in [-0.3, -0.25) is 0 Å². The summed E-state index contributed by atoms with van der Waals surface area (Å²) >= 11 is 0. The molecule has 1 heterocycles. The standard InChI is InChI=1S/C9H17O5/c1-4(2)9-8(13)7(12)6(11)5(3-10)14-9/h4-13H,1,3H2,2H3/t4?,5-,6-,7+,8-,9-/m1/s1. The van der Waals surface area contributed by atoms with Crippen LogP contribution in [0.25, 0.3) is 0 Å². The molecule has 4 N–H and O–H groups in total. The Bertz CT molecular complexity index is 182. The predicted octanol–water partition coefficient (Wildman–Crippen LogP) is -1.70. The molecule has 0 saturated carbocycles. The van der Waals surface area contributed by atoms with Gasteiger partial charge in [0.25, 0.3) is 0 Å². The summed E-state index contributed by atoms with van der Waals surface area (Å²) in [6.45, 7) is 5.02. The van der Waals surface area contributed by atoms with Gasteiger partial charge in [-0.05, 0) is 12.8 Å². The minimum Gasteiger partial charge on any atom is -0.394 e. The SMILES string of the molecule is [CH2]C(C)[C@H]1O[C@H](CO)[C@@H](O)[C@H](O)[C@H]1O. The molecule has 1 aliphatic heterocycles. The van der Waals surface area contributed by atoms with E-state index in [2.05, 4.69) is 6.92 Å². The molecular formula is C9H17O5. The van der Waals surface area contributed by atoms with Crippen LogP contribution in [0.4, 0.5) is 0 Å². The van der Waals surface area contributed by atoms with Crippen molar-refractivity contribution in [3.63, 3.8) is 0 Å². The Hall–Kier alpha value is -0.200. The monoisotopic (exact) mass is 205 g/mol. The average Bonchev–Trinajstić information content (AvgIpc) is 2.14. The lowest BCUT2D eigenvalue weighted by molar-refractivity contribution is -0.236. The van der Waals surface area contributed by atoms with E-state index in [0.29, 0.717) is 0 Å². The number of rotatable bonds is 2. The van der Waals surface area contributed by atoms with Gasteiger partial charge >= 0.3 is 0 Å². The van der Waals surface area contributed by atoms with Crippen LogP contribution in [0.3, 0.4) is 0 Å². The van der Waals surface area contributed by atoms with E-state index in [9.17, 15) is 15.3 Å². The van der Waals surface area contributed by atoms with Crippen LogP contribution >= 0.6 is 0 Å². The summed E-state index contributed by atoms with van der Waals surface area (Å²) in [4.78, 5) is 0. The number of hydrogen-bond acceptors (Lipinski definition) is 5. The highest BCUT2D eigenvalue weighted by Gasteiger charge is 2.44. The van der Waals surface area contributed by atoms with Crippen LogP contribution in [-0.2, 0) is 4.74 Å². The summed E-state index contributed by atoms with van der Waals surface area (Å²) in [5, 5.41) is 37.2. The number of aliphatic hydroxyl groups excluding tert-OH is 4. The largest absolute Gasteiger partial charge is 0.394 e. The van der Waals surface area contributed by atoms with Crippen LogP contribution in [0.15, 0.2) is 0 Å². The van der Waals surface area contributed by atoms with E-state index in [1.807, 2.05) is 0 Å². The minimum absolute atomic E-state index is 0.235. The topological polar surface area (TPSA) is 90.2 Å². The Morgan fingerprint density at radius 3 is 2.21 bits per heavy atom. The van der Waals surface area contributed by atoms with Gasteiger partial charge in [-0.2, -0.15) is 0 Å². The zero-order valence-corrected chi connectivity index (χ0v) is 8.08. The van der Waals surface area contributed by atoms with Gasteiger partial charge in [-0.25, -0.2) is 0 Å². The maximum atomic E-state index is 9.53. The van der Waals surface area contributed by atoms with Crippen molar-refractivity contribution in [3.8, 4) is 0 Å². The fourth-order valence-electron chi connectivity index (χ4n) is 1.60. The summed E-state index contributed by atoms with van der Waals surface area (Å²) < 4.78 is 5.22. The van der Waals surface area contributed by atoms with Crippen molar-refractivity contribution in [3.05, 3.63) is 6.92 Å². The lowest BCUT2D eigenvalue weighted by Gasteiger charge is -2.41. The van der Waals surface area contributed by atoms with Crippen molar-refractivity contribution >= 4 is 0 Å². The number of aliphatic hydroxyl groups is 4. The van der Waals surface area contributed by atoms with Crippen molar-refractivity contribution in [1.29, 1.82) is 0 Å². The molecule has 83 valence electrons. The van der Waals surface area contributed by atoms with E-state index >= 15 is 0 Å². The Morgan fingerprint density at radius 2 is 1.79 bits per heavy atom. The van der Waals surface area contributed by atoms with E-state index in [1.54, 1.807) is 6.92 Å². The summed E-state index contributed by atoms with van der Waals surface area (Å²) in [6.07, 6.45) is -5.24. The molecule has 1 aliphatic rings. The van der Waals surface area contributed by atoms with Crippen molar-refractivity contribution in [1.82, 2.24) is 0 Å². The predicted molar refractivity (Wildman–Crippen MR) is 48.3 cm³/mol. The number of ether oxygens (including phenoxy) is 1. The molecule has 5 nitrogen and oxygen atoms in total. The first-order valence-electron chi connectivity index (χ1n) is 4.62. The maximum absolute atomic E-state index is 9.53. The average molecular weight is 205 g/mol. The Morgan fingerprint density at radius 1 is 1.21 bits per heavy atom. The second kappa shape index (κ2) is 4.55. The van der Waals surface area contributed by atoms with Gasteiger partial charge in [-0.1, -0.05) is 6.92 Å². The molecule has 1 fully saturated rings. The Labute approximate surface area is 82.9 Å². The molecule has 1 rings (SSSR count). The summed E-state index contributed by atoms with van der Waals surface area (Å²) in [7, 11) is 0. The normalized spacial score (nSPS) is 44.4. The second-order valence-corrected chi connectivity index (χ2v) is 3.77. The molecule has 5 heteroatoms. The Kier molecular flexibility index (Phi) is 3.86. The van der Waals surface area contributed by atoms with Gasteiger partial charge in [-0.15, -0.1) is 0 Å². The molecule has 0 spiro atoms. The molecule has 0 aromatic carbocycles. The van der Waals surface area contributed by atoms with Crippen LogP contribution in [-0.4, -0.2) is 57.6 Å². The third-order valence-corrected chi connectivity index (χ3v) is 2.49. The smallest absolute Gasteiger partial charge is 0.111 e. The highest BCUT2D eigenvalue weighted by Crippen LogP contribution is 2.25. The van der Waals surface area contributed by atoms with Crippen LogP contribution in [0, 0.1) is 12.8 Å². The van der Waals surface area contributed by atoms with Crippen molar-refractivity contribution in [2.75, 3.05) is 6.61 Å². The van der Waals surface area contributed by atoms with Crippen LogP contribution in [0.2, 0.25) is 0 Å². The molecule has 0 aromatic heterocycles. The van der Waals surface area contributed by atoms with E-state index in [4.69, 9.17) is 9.84 Å². The molecule has 1 unspecified atom stereocenters. The van der Waals surface area contributed by atoms with Gasteiger partial charge in [0, 0.05) is 0 Å². The van der Waals surface area contributed by atoms with E-state index in [-0.39, 0.29) is 5.92 Å². The van der Waals surface area contributed by atoms with Crippen molar-refractivity contribution in [2.45, 2.75) is 37.4 Å². The second-order valence-electron chi connectivity index (χ2n) is 3.77. The first-order chi connectivity index (χ1) is 6.49. The van der Waals surface area contributed by atoms with Gasteiger partial charge in [0.15, 0.2) is 0 Å². The molecule has 1 radical (unpaired) electrons. The molecule has 14 heavy (non-hydrogen) atoms. The highest BCUT2D eigenvalue weighted by atomic mass is 16.5. The summed E-state index contributed by atoms with van der Waals surface area (Å²) in [6, 6.07) is 0. The first-order valence-corrected chi connectivity index (χ1v) is 4.62. The molecule has 1 saturated heterocycles. The summed E-state index contributed by atoms with van der Waals surface area (Å²) in [5.74, 6) is -0.235. The first kappa shape index (κ1) is 11.9. The molecular weight excluding hydrogens is 188 g/mol.